The van der Waals surface area contributed by atoms with Gasteiger partial charge in [0, 0.05) is 6.20 Å². The first-order valence-electron chi connectivity index (χ1n) is 3.50. The molecule has 0 aliphatic rings. The highest BCUT2D eigenvalue weighted by Gasteiger charge is 2.04. The summed E-state index contributed by atoms with van der Waals surface area (Å²) < 4.78 is 28.0. The molecule has 1 aromatic rings. The van der Waals surface area contributed by atoms with E-state index in [0.29, 0.717) is 5.69 Å². The van der Waals surface area contributed by atoms with Crippen LogP contribution in [-0.2, 0) is 5.88 Å². The van der Waals surface area contributed by atoms with Crippen LogP contribution in [0.15, 0.2) is 12.4 Å². The third kappa shape index (κ3) is 3.50. The van der Waals surface area contributed by atoms with Crippen molar-refractivity contribution in [1.82, 2.24) is 9.97 Å². The monoisotopic (exact) mass is 208 g/mol. The van der Waals surface area contributed by atoms with Gasteiger partial charge in [-0.25, -0.2) is 13.8 Å². The van der Waals surface area contributed by atoms with Gasteiger partial charge >= 0.3 is 0 Å². The minimum absolute atomic E-state index is 0.0680. The summed E-state index contributed by atoms with van der Waals surface area (Å²) in [5.41, 5.74) is 0.494. The Kier molecular flexibility index (Phi) is 3.82. The lowest BCUT2D eigenvalue weighted by Crippen LogP contribution is -2.08. The quantitative estimate of drug-likeness (QED) is 0.709. The van der Waals surface area contributed by atoms with Crippen LogP contribution in [0.2, 0.25) is 0 Å². The number of halogens is 3. The third-order valence-electron chi connectivity index (χ3n) is 1.16. The van der Waals surface area contributed by atoms with Crippen LogP contribution in [0.4, 0.5) is 8.78 Å². The van der Waals surface area contributed by atoms with Crippen LogP contribution in [0.3, 0.4) is 0 Å². The largest absolute Gasteiger partial charge is 0.470 e. The molecular formula is C7H7ClF2N2O. The Balaban J connectivity index is 2.56. The van der Waals surface area contributed by atoms with Crippen molar-refractivity contribution in [2.45, 2.75) is 12.3 Å². The van der Waals surface area contributed by atoms with Crippen LogP contribution >= 0.6 is 11.6 Å². The van der Waals surface area contributed by atoms with Crippen molar-refractivity contribution in [3.8, 4) is 5.88 Å². The Hall–Kier alpha value is -0.970. The highest BCUT2D eigenvalue weighted by molar-refractivity contribution is 6.16. The van der Waals surface area contributed by atoms with E-state index in [1.165, 1.54) is 12.4 Å². The fourth-order valence-corrected chi connectivity index (χ4v) is 0.797. The second kappa shape index (κ2) is 4.91. The van der Waals surface area contributed by atoms with Gasteiger partial charge in [-0.3, -0.25) is 4.98 Å². The fourth-order valence-electron chi connectivity index (χ4n) is 0.669. The van der Waals surface area contributed by atoms with Crippen LogP contribution in [-0.4, -0.2) is 23.0 Å². The van der Waals surface area contributed by atoms with Crippen molar-refractivity contribution in [1.29, 1.82) is 0 Å². The number of hydrogen-bond donors (Lipinski definition) is 0. The molecule has 1 rings (SSSR count). The summed E-state index contributed by atoms with van der Waals surface area (Å²) in [5, 5.41) is 0. The molecule has 13 heavy (non-hydrogen) atoms. The lowest BCUT2D eigenvalue weighted by Gasteiger charge is -2.03. The van der Waals surface area contributed by atoms with Crippen LogP contribution in [0, 0.1) is 0 Å². The molecule has 0 unspecified atom stereocenters. The standard InChI is InChI=1S/C7H7ClF2N2O/c8-1-5-2-11-3-7(12-5)13-4-6(9)10/h2-3,6H,1,4H2. The lowest BCUT2D eigenvalue weighted by atomic mass is 10.5. The smallest absolute Gasteiger partial charge is 0.272 e. The van der Waals surface area contributed by atoms with Gasteiger partial charge in [0.15, 0.2) is 6.61 Å². The minimum Gasteiger partial charge on any atom is -0.470 e. The molecule has 0 aromatic carbocycles. The van der Waals surface area contributed by atoms with E-state index in [2.05, 4.69) is 14.7 Å². The highest BCUT2D eigenvalue weighted by atomic mass is 35.5. The van der Waals surface area contributed by atoms with Gasteiger partial charge < -0.3 is 4.74 Å². The first kappa shape index (κ1) is 10.1. The van der Waals surface area contributed by atoms with Gasteiger partial charge in [-0.2, -0.15) is 0 Å². The zero-order valence-electron chi connectivity index (χ0n) is 6.58. The number of nitrogens with zero attached hydrogens (tertiary/aromatic N) is 2. The van der Waals surface area contributed by atoms with Gasteiger partial charge in [-0.05, 0) is 0 Å². The zero-order valence-corrected chi connectivity index (χ0v) is 7.34. The zero-order chi connectivity index (χ0) is 9.68. The summed E-state index contributed by atoms with van der Waals surface area (Å²) in [4.78, 5) is 7.53. The van der Waals surface area contributed by atoms with Crippen molar-refractivity contribution in [3.05, 3.63) is 18.1 Å². The molecule has 0 bridgehead atoms. The normalized spacial score (nSPS) is 10.5. The molecule has 1 heterocycles. The molecule has 6 heteroatoms. The first-order valence-corrected chi connectivity index (χ1v) is 4.03. The number of alkyl halides is 3. The summed E-state index contributed by atoms with van der Waals surface area (Å²) in [7, 11) is 0. The minimum atomic E-state index is -2.51. The molecule has 0 aliphatic heterocycles. The molecule has 3 nitrogen and oxygen atoms in total. The van der Waals surface area contributed by atoms with Gasteiger partial charge in [-0.15, -0.1) is 11.6 Å². The molecule has 0 aliphatic carbocycles. The second-order valence-electron chi connectivity index (χ2n) is 2.18. The first-order chi connectivity index (χ1) is 6.22. The molecule has 0 saturated heterocycles. The van der Waals surface area contributed by atoms with E-state index in [1.807, 2.05) is 0 Å². The van der Waals surface area contributed by atoms with Crippen LogP contribution in [0.5, 0.6) is 5.88 Å². The number of rotatable bonds is 4. The van der Waals surface area contributed by atoms with Crippen LogP contribution < -0.4 is 4.74 Å². The van der Waals surface area contributed by atoms with E-state index in [-0.39, 0.29) is 11.8 Å². The van der Waals surface area contributed by atoms with E-state index >= 15 is 0 Å². The Morgan fingerprint density at radius 3 is 2.85 bits per heavy atom. The lowest BCUT2D eigenvalue weighted by molar-refractivity contribution is 0.0793. The summed E-state index contributed by atoms with van der Waals surface area (Å²) in [6.45, 7) is -0.680. The van der Waals surface area contributed by atoms with Crippen LogP contribution in [0.25, 0.3) is 0 Å². The van der Waals surface area contributed by atoms with Gasteiger partial charge in [0.1, 0.15) is 0 Å². The topological polar surface area (TPSA) is 35.0 Å². The van der Waals surface area contributed by atoms with E-state index in [4.69, 9.17) is 11.6 Å². The summed E-state index contributed by atoms with van der Waals surface area (Å²) in [5.74, 6) is 0.247. The average Bonchev–Trinajstić information content (AvgIpc) is 2.15. The van der Waals surface area contributed by atoms with Crippen molar-refractivity contribution in [2.75, 3.05) is 6.61 Å². The molecule has 0 amide bonds. The third-order valence-corrected chi connectivity index (χ3v) is 1.43. The van der Waals surface area contributed by atoms with E-state index in [0.717, 1.165) is 0 Å². The number of hydrogen-bond acceptors (Lipinski definition) is 3. The van der Waals surface area contributed by atoms with Gasteiger partial charge in [-0.1, -0.05) is 0 Å². The van der Waals surface area contributed by atoms with Gasteiger partial charge in [0.05, 0.1) is 17.8 Å². The van der Waals surface area contributed by atoms with E-state index in [9.17, 15) is 8.78 Å². The Bertz CT molecular complexity index is 272. The Labute approximate surface area is 78.7 Å². The molecule has 72 valence electrons. The molecule has 0 saturated carbocycles. The molecule has 0 N–H and O–H groups in total. The predicted octanol–water partition coefficient (Wildman–Crippen LogP) is 1.86. The van der Waals surface area contributed by atoms with E-state index < -0.39 is 13.0 Å². The molecular weight excluding hydrogens is 202 g/mol. The number of ether oxygens (including phenoxy) is 1. The molecule has 0 radical (unpaired) electrons. The van der Waals surface area contributed by atoms with Crippen molar-refractivity contribution >= 4 is 11.6 Å². The van der Waals surface area contributed by atoms with E-state index in [1.54, 1.807) is 0 Å². The van der Waals surface area contributed by atoms with Crippen LogP contribution in [0.1, 0.15) is 5.69 Å². The molecule has 1 aromatic heterocycles. The molecule has 0 spiro atoms. The van der Waals surface area contributed by atoms with Crippen molar-refractivity contribution in [3.63, 3.8) is 0 Å². The Morgan fingerprint density at radius 2 is 2.23 bits per heavy atom. The summed E-state index contributed by atoms with van der Waals surface area (Å²) in [6.07, 6.45) is 0.196. The SMILES string of the molecule is FC(F)COc1cncc(CCl)n1. The van der Waals surface area contributed by atoms with Gasteiger partial charge in [0.2, 0.25) is 5.88 Å². The Morgan fingerprint density at radius 1 is 1.46 bits per heavy atom. The second-order valence-corrected chi connectivity index (χ2v) is 2.45. The summed E-state index contributed by atoms with van der Waals surface area (Å²) in [6, 6.07) is 0. The molecule has 0 fully saturated rings. The maximum absolute atomic E-state index is 11.7. The number of aromatic nitrogens is 2. The molecule has 0 atom stereocenters. The van der Waals surface area contributed by atoms with Crippen molar-refractivity contribution < 1.29 is 13.5 Å². The predicted molar refractivity (Wildman–Crippen MR) is 43.1 cm³/mol. The summed E-state index contributed by atoms with van der Waals surface area (Å²) >= 11 is 5.46. The maximum atomic E-state index is 11.7. The maximum Gasteiger partial charge on any atom is 0.272 e. The van der Waals surface area contributed by atoms with Gasteiger partial charge in [0.25, 0.3) is 6.43 Å². The fraction of sp³-hybridized carbons (Fsp3) is 0.429. The van der Waals surface area contributed by atoms with Crippen molar-refractivity contribution in [2.24, 2.45) is 0 Å². The average molecular weight is 209 g/mol. The highest BCUT2D eigenvalue weighted by Crippen LogP contribution is 2.07.